The molecule has 0 spiro atoms. The van der Waals surface area contributed by atoms with Gasteiger partial charge in [0.05, 0.1) is 0 Å². The van der Waals surface area contributed by atoms with E-state index in [1.807, 2.05) is 0 Å². The molecule has 1 nitrogen and oxygen atoms in total. The Morgan fingerprint density at radius 1 is 1.06 bits per heavy atom. The summed E-state index contributed by atoms with van der Waals surface area (Å²) in [6.07, 6.45) is 15.2. The number of allylic oxidation sites excluding steroid dienone is 6. The molecular formula is C17H20O. The molecule has 0 heterocycles. The molecule has 0 aromatic heterocycles. The van der Waals surface area contributed by atoms with Crippen LogP contribution in [0.4, 0.5) is 0 Å². The molecule has 0 amide bonds. The Kier molecular flexibility index (Phi) is 2.36. The van der Waals surface area contributed by atoms with Gasteiger partial charge in [-0.05, 0) is 55.1 Å². The van der Waals surface area contributed by atoms with Crippen molar-refractivity contribution >= 4 is 5.78 Å². The maximum absolute atomic E-state index is 12.4. The molecule has 0 aliphatic heterocycles. The van der Waals surface area contributed by atoms with E-state index in [0.717, 1.165) is 12.8 Å². The van der Waals surface area contributed by atoms with Gasteiger partial charge in [-0.3, -0.25) is 4.79 Å². The zero-order valence-corrected chi connectivity index (χ0v) is 10.8. The average Bonchev–Trinajstić information content (AvgIpc) is 2.88. The van der Waals surface area contributed by atoms with Crippen LogP contribution in [0.3, 0.4) is 0 Å². The smallest absolute Gasteiger partial charge is 0.140 e. The van der Waals surface area contributed by atoms with Gasteiger partial charge in [-0.15, -0.1) is 0 Å². The van der Waals surface area contributed by atoms with E-state index in [2.05, 4.69) is 18.2 Å². The summed E-state index contributed by atoms with van der Waals surface area (Å²) >= 11 is 0. The largest absolute Gasteiger partial charge is 0.299 e. The number of carbonyl (C=O) groups is 1. The molecule has 1 heteroatoms. The monoisotopic (exact) mass is 240 g/mol. The lowest BCUT2D eigenvalue weighted by atomic mass is 9.64. The minimum atomic E-state index is 0.293. The van der Waals surface area contributed by atoms with Gasteiger partial charge in [0.2, 0.25) is 0 Å². The van der Waals surface area contributed by atoms with Gasteiger partial charge in [0.15, 0.2) is 0 Å². The number of rotatable bonds is 0. The van der Waals surface area contributed by atoms with E-state index in [4.69, 9.17) is 0 Å². The van der Waals surface area contributed by atoms with Crippen LogP contribution in [0.2, 0.25) is 0 Å². The van der Waals surface area contributed by atoms with Gasteiger partial charge in [-0.1, -0.05) is 30.2 Å². The zero-order valence-electron chi connectivity index (χ0n) is 10.8. The fraction of sp³-hybridized carbons (Fsp3) is 0.588. The molecule has 4 rings (SSSR count). The lowest BCUT2D eigenvalue weighted by Crippen LogP contribution is -2.34. The van der Waals surface area contributed by atoms with Crippen molar-refractivity contribution in [3.8, 4) is 0 Å². The maximum atomic E-state index is 12.4. The second-order valence-electron chi connectivity index (χ2n) is 6.28. The summed E-state index contributed by atoms with van der Waals surface area (Å²) in [7, 11) is 0. The van der Waals surface area contributed by atoms with Crippen LogP contribution >= 0.6 is 0 Å². The van der Waals surface area contributed by atoms with Crippen LogP contribution in [-0.2, 0) is 4.79 Å². The van der Waals surface area contributed by atoms with Crippen molar-refractivity contribution in [3.05, 3.63) is 34.9 Å². The van der Waals surface area contributed by atoms with E-state index < -0.39 is 0 Å². The summed E-state index contributed by atoms with van der Waals surface area (Å²) in [5.41, 5.74) is 4.58. The van der Waals surface area contributed by atoms with Crippen LogP contribution in [0.1, 0.15) is 44.9 Å². The second-order valence-corrected chi connectivity index (χ2v) is 6.28. The SMILES string of the molecule is O=C1CC2C(=C3CCCCC13)C=CC1=CCCC12. The minimum absolute atomic E-state index is 0.293. The number of hydrogen-bond donors (Lipinski definition) is 0. The normalized spacial score (nSPS) is 38.1. The van der Waals surface area contributed by atoms with Crippen molar-refractivity contribution in [2.24, 2.45) is 17.8 Å². The highest BCUT2D eigenvalue weighted by molar-refractivity contribution is 5.87. The van der Waals surface area contributed by atoms with Crippen LogP contribution in [0, 0.1) is 17.8 Å². The molecule has 0 N–H and O–H groups in total. The minimum Gasteiger partial charge on any atom is -0.299 e. The molecule has 0 aromatic carbocycles. The Balaban J connectivity index is 1.82. The molecule has 0 radical (unpaired) electrons. The first kappa shape index (κ1) is 10.8. The first-order chi connectivity index (χ1) is 8.84. The van der Waals surface area contributed by atoms with Crippen LogP contribution in [-0.4, -0.2) is 5.78 Å². The van der Waals surface area contributed by atoms with Crippen LogP contribution < -0.4 is 0 Å². The highest BCUT2D eigenvalue weighted by Crippen LogP contribution is 2.49. The third kappa shape index (κ3) is 1.43. The summed E-state index contributed by atoms with van der Waals surface area (Å²) in [6.45, 7) is 0. The topological polar surface area (TPSA) is 17.1 Å². The number of fused-ring (bicyclic) bond motifs is 4. The summed E-state index contributed by atoms with van der Waals surface area (Å²) in [4.78, 5) is 12.4. The third-order valence-corrected chi connectivity index (χ3v) is 5.42. The fourth-order valence-corrected chi connectivity index (χ4v) is 4.57. The standard InChI is InChI=1S/C17H20O/c18-17-10-16-12-7-3-4-11(12)8-9-14(16)13-5-1-2-6-15(13)17/h4,8-9,12,15-16H,1-3,5-7,10H2. The van der Waals surface area contributed by atoms with Crippen LogP contribution in [0.15, 0.2) is 34.9 Å². The van der Waals surface area contributed by atoms with E-state index >= 15 is 0 Å². The van der Waals surface area contributed by atoms with E-state index in [1.54, 1.807) is 5.57 Å². The van der Waals surface area contributed by atoms with Crippen LogP contribution in [0.5, 0.6) is 0 Å². The summed E-state index contributed by atoms with van der Waals surface area (Å²) in [5, 5.41) is 0. The van der Waals surface area contributed by atoms with Gasteiger partial charge >= 0.3 is 0 Å². The third-order valence-electron chi connectivity index (χ3n) is 5.42. The molecule has 0 bridgehead atoms. The van der Waals surface area contributed by atoms with Gasteiger partial charge in [0.25, 0.3) is 0 Å². The summed E-state index contributed by atoms with van der Waals surface area (Å²) < 4.78 is 0. The first-order valence-corrected chi connectivity index (χ1v) is 7.48. The molecule has 4 aliphatic carbocycles. The molecule has 4 aliphatic rings. The van der Waals surface area contributed by atoms with Crippen molar-refractivity contribution in [1.82, 2.24) is 0 Å². The van der Waals surface area contributed by atoms with Crippen molar-refractivity contribution in [3.63, 3.8) is 0 Å². The van der Waals surface area contributed by atoms with Crippen molar-refractivity contribution in [2.45, 2.75) is 44.9 Å². The highest BCUT2D eigenvalue weighted by Gasteiger charge is 2.41. The highest BCUT2D eigenvalue weighted by atomic mass is 16.1. The Morgan fingerprint density at radius 2 is 2.00 bits per heavy atom. The lowest BCUT2D eigenvalue weighted by molar-refractivity contribution is -0.124. The predicted octanol–water partition coefficient (Wildman–Crippen LogP) is 3.97. The number of hydrogen-bond acceptors (Lipinski definition) is 1. The molecular weight excluding hydrogens is 220 g/mol. The van der Waals surface area contributed by atoms with E-state index in [-0.39, 0.29) is 0 Å². The van der Waals surface area contributed by atoms with Gasteiger partial charge in [0, 0.05) is 12.3 Å². The number of carbonyl (C=O) groups excluding carboxylic acids is 1. The first-order valence-electron chi connectivity index (χ1n) is 7.48. The molecule has 18 heavy (non-hydrogen) atoms. The molecule has 3 unspecified atom stereocenters. The molecule has 1 fully saturated rings. The predicted molar refractivity (Wildman–Crippen MR) is 72.0 cm³/mol. The summed E-state index contributed by atoms with van der Waals surface area (Å²) in [6, 6.07) is 0. The lowest BCUT2D eigenvalue weighted by Gasteiger charge is -2.39. The van der Waals surface area contributed by atoms with Gasteiger partial charge < -0.3 is 0 Å². The Bertz CT molecular complexity index is 492. The average molecular weight is 240 g/mol. The van der Waals surface area contributed by atoms with Gasteiger partial charge in [-0.2, -0.15) is 0 Å². The van der Waals surface area contributed by atoms with Gasteiger partial charge in [-0.25, -0.2) is 0 Å². The van der Waals surface area contributed by atoms with Crippen molar-refractivity contribution < 1.29 is 4.79 Å². The van der Waals surface area contributed by atoms with Crippen LogP contribution in [0.25, 0.3) is 0 Å². The fourth-order valence-electron chi connectivity index (χ4n) is 4.57. The summed E-state index contributed by atoms with van der Waals surface area (Å²) in [5.74, 6) is 2.02. The van der Waals surface area contributed by atoms with Gasteiger partial charge in [0.1, 0.15) is 5.78 Å². The molecule has 3 atom stereocenters. The quantitative estimate of drug-likeness (QED) is 0.626. The molecule has 94 valence electrons. The number of ketones is 1. The van der Waals surface area contributed by atoms with E-state index in [0.29, 0.717) is 23.5 Å². The molecule has 0 saturated heterocycles. The zero-order chi connectivity index (χ0) is 12.1. The van der Waals surface area contributed by atoms with E-state index in [9.17, 15) is 4.79 Å². The molecule has 1 saturated carbocycles. The Labute approximate surface area is 109 Å². The van der Waals surface area contributed by atoms with E-state index in [1.165, 1.54) is 43.3 Å². The Morgan fingerprint density at radius 3 is 2.94 bits per heavy atom. The van der Waals surface area contributed by atoms with Crippen molar-refractivity contribution in [2.75, 3.05) is 0 Å². The molecule has 0 aromatic rings. The van der Waals surface area contributed by atoms with Crippen molar-refractivity contribution in [1.29, 1.82) is 0 Å². The second kappa shape index (κ2) is 3.94. The maximum Gasteiger partial charge on any atom is 0.140 e. The Hall–Kier alpha value is -1.11. The number of Topliss-reactive ketones (excluding diaryl/α,β-unsaturated/α-hetero) is 1.